The molecule has 1 amide bonds. The third-order valence-electron chi connectivity index (χ3n) is 1.80. The average Bonchev–Trinajstić information content (AvgIpc) is 2.34. The fourth-order valence-corrected chi connectivity index (χ4v) is 1.27. The van der Waals surface area contributed by atoms with Gasteiger partial charge in [-0.2, -0.15) is 0 Å². The molecule has 0 atom stereocenters. The van der Waals surface area contributed by atoms with Gasteiger partial charge in [-0.1, -0.05) is 21.9 Å². The van der Waals surface area contributed by atoms with E-state index in [1.165, 1.54) is 0 Å². The minimum atomic E-state index is -0.548. The zero-order valence-electron chi connectivity index (χ0n) is 8.90. The van der Waals surface area contributed by atoms with Gasteiger partial charge < -0.3 is 10.1 Å². The maximum absolute atomic E-state index is 11.5. The van der Waals surface area contributed by atoms with Crippen LogP contribution >= 0.6 is 15.9 Å². The first kappa shape index (κ1) is 13.3. The largest absolute Gasteiger partial charge is 0.452 e. The van der Waals surface area contributed by atoms with Crippen molar-refractivity contribution in [3.8, 4) is 12.3 Å². The number of halogens is 1. The summed E-state index contributed by atoms with van der Waals surface area (Å²) >= 11 is 3.25. The number of carbonyl (C=O) groups is 2. The van der Waals surface area contributed by atoms with E-state index >= 15 is 0 Å². The number of hydrogen-bond donors (Lipinski definition) is 1. The Hall–Kier alpha value is -1.80. The lowest BCUT2D eigenvalue weighted by atomic mass is 10.2. The Morgan fingerprint density at radius 1 is 1.35 bits per heavy atom. The van der Waals surface area contributed by atoms with E-state index in [4.69, 9.17) is 11.2 Å². The van der Waals surface area contributed by atoms with Crippen LogP contribution in [0, 0.1) is 12.3 Å². The van der Waals surface area contributed by atoms with Gasteiger partial charge in [-0.15, -0.1) is 6.42 Å². The molecule has 88 valence electrons. The van der Waals surface area contributed by atoms with E-state index in [1.807, 2.05) is 0 Å². The van der Waals surface area contributed by atoms with E-state index in [1.54, 1.807) is 24.3 Å². The number of benzene rings is 1. The molecule has 1 aromatic rings. The zero-order chi connectivity index (χ0) is 12.7. The van der Waals surface area contributed by atoms with Gasteiger partial charge in [0.1, 0.15) is 0 Å². The van der Waals surface area contributed by atoms with Gasteiger partial charge in [0.2, 0.25) is 0 Å². The van der Waals surface area contributed by atoms with Crippen molar-refractivity contribution < 1.29 is 14.3 Å². The van der Waals surface area contributed by atoms with E-state index < -0.39 is 11.9 Å². The summed E-state index contributed by atoms with van der Waals surface area (Å²) in [6, 6.07) is 6.64. The summed E-state index contributed by atoms with van der Waals surface area (Å²) < 4.78 is 5.65. The molecule has 4 nitrogen and oxygen atoms in total. The average molecular weight is 296 g/mol. The maximum Gasteiger partial charge on any atom is 0.338 e. The van der Waals surface area contributed by atoms with Crippen molar-refractivity contribution >= 4 is 27.8 Å². The van der Waals surface area contributed by atoms with Gasteiger partial charge in [0.25, 0.3) is 5.91 Å². The van der Waals surface area contributed by atoms with E-state index in [-0.39, 0.29) is 13.2 Å². The van der Waals surface area contributed by atoms with Crippen LogP contribution in [-0.4, -0.2) is 25.0 Å². The molecule has 1 aromatic carbocycles. The Morgan fingerprint density at radius 3 is 2.59 bits per heavy atom. The molecular weight excluding hydrogens is 286 g/mol. The summed E-state index contributed by atoms with van der Waals surface area (Å²) in [5.74, 6) is 1.28. The molecule has 0 unspecified atom stereocenters. The number of terminal acetylenes is 1. The number of amides is 1. The molecule has 0 bridgehead atoms. The minimum absolute atomic E-state index is 0.120. The van der Waals surface area contributed by atoms with Crippen LogP contribution < -0.4 is 5.32 Å². The highest BCUT2D eigenvalue weighted by Crippen LogP contribution is 2.11. The lowest BCUT2D eigenvalue weighted by molar-refractivity contribution is -0.123. The smallest absolute Gasteiger partial charge is 0.338 e. The molecule has 0 aromatic heterocycles. The first-order valence-corrected chi connectivity index (χ1v) is 5.55. The van der Waals surface area contributed by atoms with E-state index in [0.717, 1.165) is 4.47 Å². The maximum atomic E-state index is 11.5. The Bertz CT molecular complexity index is 448. The number of nitrogens with one attached hydrogen (secondary N) is 1. The van der Waals surface area contributed by atoms with Crippen LogP contribution in [0.15, 0.2) is 28.7 Å². The van der Waals surface area contributed by atoms with E-state index in [2.05, 4.69) is 27.2 Å². The second-order valence-corrected chi connectivity index (χ2v) is 3.98. The summed E-state index contributed by atoms with van der Waals surface area (Å²) in [4.78, 5) is 22.6. The molecule has 1 rings (SSSR count). The molecule has 0 radical (unpaired) electrons. The molecule has 0 fully saturated rings. The van der Waals surface area contributed by atoms with Gasteiger partial charge in [0.15, 0.2) is 6.61 Å². The van der Waals surface area contributed by atoms with Crippen LogP contribution in [0.3, 0.4) is 0 Å². The molecule has 0 saturated heterocycles. The monoisotopic (exact) mass is 295 g/mol. The predicted molar refractivity (Wildman–Crippen MR) is 66.3 cm³/mol. The highest BCUT2D eigenvalue weighted by atomic mass is 79.9. The summed E-state index contributed by atoms with van der Waals surface area (Å²) in [6.45, 7) is -0.217. The highest BCUT2D eigenvalue weighted by Gasteiger charge is 2.09. The Morgan fingerprint density at radius 2 is 2.00 bits per heavy atom. The zero-order valence-corrected chi connectivity index (χ0v) is 10.5. The fraction of sp³-hybridized carbons (Fsp3) is 0.167. The van der Waals surface area contributed by atoms with Crippen LogP contribution in [0.1, 0.15) is 10.4 Å². The van der Waals surface area contributed by atoms with Crippen molar-refractivity contribution in [3.05, 3.63) is 34.3 Å². The first-order valence-electron chi connectivity index (χ1n) is 4.76. The molecule has 0 aliphatic heterocycles. The molecule has 0 spiro atoms. The molecule has 0 heterocycles. The van der Waals surface area contributed by atoms with Crippen LogP contribution in [0.5, 0.6) is 0 Å². The van der Waals surface area contributed by atoms with Crippen LogP contribution in [-0.2, 0) is 9.53 Å². The SMILES string of the molecule is C#CCNC(=O)COC(=O)c1ccc(Br)cc1. The number of esters is 1. The standard InChI is InChI=1S/C12H10BrNO3/c1-2-7-14-11(15)8-17-12(16)9-3-5-10(13)6-4-9/h1,3-6H,7-8H2,(H,14,15). The molecular formula is C12H10BrNO3. The quantitative estimate of drug-likeness (QED) is 0.674. The summed E-state index contributed by atoms with van der Waals surface area (Å²) in [5.41, 5.74) is 0.387. The van der Waals surface area contributed by atoms with Crippen molar-refractivity contribution in [1.29, 1.82) is 0 Å². The number of hydrogen-bond acceptors (Lipinski definition) is 3. The fourth-order valence-electron chi connectivity index (χ4n) is 1.00. The first-order chi connectivity index (χ1) is 8.13. The van der Waals surface area contributed by atoms with Crippen molar-refractivity contribution in [2.45, 2.75) is 0 Å². The minimum Gasteiger partial charge on any atom is -0.452 e. The predicted octanol–water partition coefficient (Wildman–Crippen LogP) is 1.36. The molecule has 5 heteroatoms. The Kier molecular flexibility index (Phi) is 5.24. The second-order valence-electron chi connectivity index (χ2n) is 3.06. The van der Waals surface area contributed by atoms with Crippen molar-refractivity contribution in [2.75, 3.05) is 13.2 Å². The molecule has 1 N–H and O–H groups in total. The van der Waals surface area contributed by atoms with Gasteiger partial charge in [-0.25, -0.2) is 4.79 Å². The molecule has 0 aliphatic rings. The van der Waals surface area contributed by atoms with Crippen LogP contribution in [0.2, 0.25) is 0 Å². The topological polar surface area (TPSA) is 55.4 Å². The summed E-state index contributed by atoms with van der Waals surface area (Å²) in [5, 5.41) is 2.39. The van der Waals surface area contributed by atoms with Crippen molar-refractivity contribution in [3.63, 3.8) is 0 Å². The van der Waals surface area contributed by atoms with E-state index in [0.29, 0.717) is 5.56 Å². The van der Waals surface area contributed by atoms with Gasteiger partial charge >= 0.3 is 5.97 Å². The number of rotatable bonds is 4. The van der Waals surface area contributed by atoms with Crippen LogP contribution in [0.25, 0.3) is 0 Å². The molecule has 0 aliphatic carbocycles. The third kappa shape index (κ3) is 4.70. The lowest BCUT2D eigenvalue weighted by Gasteiger charge is -2.04. The van der Waals surface area contributed by atoms with Crippen LogP contribution in [0.4, 0.5) is 0 Å². The van der Waals surface area contributed by atoms with Gasteiger partial charge in [0.05, 0.1) is 12.1 Å². The molecule has 17 heavy (non-hydrogen) atoms. The summed E-state index contributed by atoms with van der Waals surface area (Å²) in [6.07, 6.45) is 4.96. The van der Waals surface area contributed by atoms with Gasteiger partial charge in [-0.05, 0) is 24.3 Å². The van der Waals surface area contributed by atoms with Gasteiger partial charge in [0, 0.05) is 4.47 Å². The van der Waals surface area contributed by atoms with Crippen molar-refractivity contribution in [2.24, 2.45) is 0 Å². The Balaban J connectivity index is 2.42. The normalized spacial score (nSPS) is 9.18. The third-order valence-corrected chi connectivity index (χ3v) is 2.33. The number of carbonyl (C=O) groups excluding carboxylic acids is 2. The second kappa shape index (κ2) is 6.71. The van der Waals surface area contributed by atoms with E-state index in [9.17, 15) is 9.59 Å². The van der Waals surface area contributed by atoms with Gasteiger partial charge in [-0.3, -0.25) is 4.79 Å². The number of ether oxygens (including phenoxy) is 1. The lowest BCUT2D eigenvalue weighted by Crippen LogP contribution is -2.28. The van der Waals surface area contributed by atoms with Crippen molar-refractivity contribution in [1.82, 2.24) is 5.32 Å². The Labute approximate surface area is 107 Å². The molecule has 0 saturated carbocycles. The summed E-state index contributed by atoms with van der Waals surface area (Å²) in [7, 11) is 0. The highest BCUT2D eigenvalue weighted by molar-refractivity contribution is 9.10.